The third kappa shape index (κ3) is 3.96. The molecule has 7 aromatic carbocycles. The number of nitrogens with zero attached hydrogens (tertiary/aromatic N) is 4. The fraction of sp³-hybridized carbons (Fsp3) is 0. The van der Waals surface area contributed by atoms with Crippen LogP contribution in [0.2, 0.25) is 0 Å². The van der Waals surface area contributed by atoms with Gasteiger partial charge in [-0.2, -0.15) is 0 Å². The lowest BCUT2D eigenvalue weighted by atomic mass is 10.0. The summed E-state index contributed by atoms with van der Waals surface area (Å²) < 4.78 is 4.71. The summed E-state index contributed by atoms with van der Waals surface area (Å²) >= 11 is 0. The molecular weight excluding hydrogens is 585 g/mol. The Kier molecular flexibility index (Phi) is 5.84. The molecule has 224 valence electrons. The molecule has 0 saturated heterocycles. The van der Waals surface area contributed by atoms with Crippen LogP contribution in [-0.4, -0.2) is 19.1 Å². The summed E-state index contributed by atoms with van der Waals surface area (Å²) in [4.78, 5) is 10.5. The Morgan fingerprint density at radius 1 is 0.375 bits per heavy atom. The summed E-state index contributed by atoms with van der Waals surface area (Å²) in [5.41, 5.74) is 9.54. The van der Waals surface area contributed by atoms with E-state index in [0.29, 0.717) is 5.95 Å². The number of fused-ring (bicyclic) bond motifs is 9. The first-order valence-corrected chi connectivity index (χ1v) is 16.3. The van der Waals surface area contributed by atoms with Gasteiger partial charge < -0.3 is 4.57 Å². The maximum Gasteiger partial charge on any atom is 0.235 e. The monoisotopic (exact) mass is 612 g/mol. The minimum Gasteiger partial charge on any atom is -0.308 e. The van der Waals surface area contributed by atoms with Gasteiger partial charge in [0, 0.05) is 43.7 Å². The topological polar surface area (TPSA) is 35.6 Å². The summed E-state index contributed by atoms with van der Waals surface area (Å²) in [5.74, 6) is 0.647. The van der Waals surface area contributed by atoms with Crippen LogP contribution in [0.3, 0.4) is 0 Å². The van der Waals surface area contributed by atoms with Crippen molar-refractivity contribution in [3.63, 3.8) is 0 Å². The van der Waals surface area contributed by atoms with Gasteiger partial charge in [0.2, 0.25) is 5.95 Å². The Hall–Kier alpha value is -6.52. The first-order valence-electron chi connectivity index (χ1n) is 16.3. The van der Waals surface area contributed by atoms with Crippen LogP contribution in [0, 0.1) is 0 Å². The molecule has 3 aromatic heterocycles. The summed E-state index contributed by atoms with van der Waals surface area (Å²) in [6.45, 7) is 0. The van der Waals surface area contributed by atoms with Crippen LogP contribution in [0.5, 0.6) is 0 Å². The van der Waals surface area contributed by atoms with Crippen molar-refractivity contribution in [3.8, 4) is 34.2 Å². The number of rotatable bonds is 4. The summed E-state index contributed by atoms with van der Waals surface area (Å²) in [6.07, 6.45) is 0. The minimum atomic E-state index is 0.647. The second-order valence-corrected chi connectivity index (χ2v) is 12.2. The number of hydrogen-bond donors (Lipinski definition) is 0. The van der Waals surface area contributed by atoms with Gasteiger partial charge in [-0.25, -0.2) is 9.97 Å². The second-order valence-electron chi connectivity index (χ2n) is 12.2. The van der Waals surface area contributed by atoms with Crippen LogP contribution in [0.15, 0.2) is 170 Å². The molecule has 0 saturated carbocycles. The second kappa shape index (κ2) is 10.5. The molecule has 0 bridgehead atoms. The van der Waals surface area contributed by atoms with Gasteiger partial charge in [0.1, 0.15) is 0 Å². The van der Waals surface area contributed by atoms with E-state index in [1.807, 2.05) is 12.1 Å². The first kappa shape index (κ1) is 26.7. The van der Waals surface area contributed by atoms with Crippen molar-refractivity contribution >= 4 is 54.4 Å². The highest BCUT2D eigenvalue weighted by Crippen LogP contribution is 2.43. The quantitative estimate of drug-likeness (QED) is 0.198. The molecule has 0 radical (unpaired) electrons. The van der Waals surface area contributed by atoms with E-state index in [4.69, 9.17) is 9.97 Å². The molecule has 10 aromatic rings. The lowest BCUT2D eigenvalue weighted by molar-refractivity contribution is 0.996. The van der Waals surface area contributed by atoms with Gasteiger partial charge in [0.05, 0.1) is 33.5 Å². The Morgan fingerprint density at radius 2 is 0.938 bits per heavy atom. The van der Waals surface area contributed by atoms with Gasteiger partial charge in [-0.3, -0.25) is 4.57 Å². The molecule has 0 aliphatic heterocycles. The van der Waals surface area contributed by atoms with E-state index in [9.17, 15) is 0 Å². The summed E-state index contributed by atoms with van der Waals surface area (Å²) in [7, 11) is 0. The zero-order valence-electron chi connectivity index (χ0n) is 26.0. The van der Waals surface area contributed by atoms with Crippen LogP contribution in [0.25, 0.3) is 88.5 Å². The highest BCUT2D eigenvalue weighted by molar-refractivity contribution is 6.28. The largest absolute Gasteiger partial charge is 0.308 e. The van der Waals surface area contributed by atoms with Crippen LogP contribution < -0.4 is 0 Å². The molecule has 0 aliphatic carbocycles. The van der Waals surface area contributed by atoms with Crippen molar-refractivity contribution in [1.82, 2.24) is 19.1 Å². The SMILES string of the molecule is c1ccc(-c2cc(-c3ccccc3)nc(-n3c4ccccc4c4c3ccc3c5ccc6ccccc6c5n(-c5ccccc5)c34)n2)cc1. The van der Waals surface area contributed by atoms with E-state index >= 15 is 0 Å². The minimum absolute atomic E-state index is 0.647. The van der Waals surface area contributed by atoms with Crippen LogP contribution >= 0.6 is 0 Å². The lowest BCUT2D eigenvalue weighted by Crippen LogP contribution is -2.04. The number of para-hydroxylation sites is 2. The van der Waals surface area contributed by atoms with Crippen molar-refractivity contribution < 1.29 is 0 Å². The molecule has 4 heteroatoms. The smallest absolute Gasteiger partial charge is 0.235 e. The van der Waals surface area contributed by atoms with Gasteiger partial charge in [-0.1, -0.05) is 140 Å². The Morgan fingerprint density at radius 3 is 1.65 bits per heavy atom. The van der Waals surface area contributed by atoms with E-state index in [-0.39, 0.29) is 0 Å². The van der Waals surface area contributed by atoms with Crippen LogP contribution in [0.4, 0.5) is 0 Å². The molecule has 48 heavy (non-hydrogen) atoms. The van der Waals surface area contributed by atoms with Crippen molar-refractivity contribution in [2.24, 2.45) is 0 Å². The number of hydrogen-bond acceptors (Lipinski definition) is 2. The molecule has 10 rings (SSSR count). The van der Waals surface area contributed by atoms with Gasteiger partial charge in [-0.15, -0.1) is 0 Å². The third-order valence-electron chi connectivity index (χ3n) is 9.52. The zero-order chi connectivity index (χ0) is 31.6. The maximum atomic E-state index is 5.26. The average molecular weight is 613 g/mol. The van der Waals surface area contributed by atoms with Crippen molar-refractivity contribution in [1.29, 1.82) is 0 Å². The van der Waals surface area contributed by atoms with E-state index in [1.165, 1.54) is 38.0 Å². The predicted molar refractivity (Wildman–Crippen MR) is 199 cm³/mol. The van der Waals surface area contributed by atoms with Gasteiger partial charge in [0.25, 0.3) is 0 Å². The first-order chi connectivity index (χ1) is 23.8. The molecular formula is C44H28N4. The normalized spacial score (nSPS) is 11.8. The van der Waals surface area contributed by atoms with E-state index < -0.39 is 0 Å². The molecule has 0 atom stereocenters. The van der Waals surface area contributed by atoms with Gasteiger partial charge in [0.15, 0.2) is 0 Å². The van der Waals surface area contributed by atoms with Crippen molar-refractivity contribution in [2.45, 2.75) is 0 Å². The number of aromatic nitrogens is 4. The molecule has 0 spiro atoms. The fourth-order valence-corrected chi connectivity index (χ4v) is 7.42. The molecule has 0 N–H and O–H groups in total. The van der Waals surface area contributed by atoms with Crippen LogP contribution in [0.1, 0.15) is 0 Å². The van der Waals surface area contributed by atoms with E-state index in [2.05, 4.69) is 167 Å². The standard InChI is InChI=1S/C44H28N4/c1-4-15-30(16-5-1)37-28-38(31-17-6-2-7-18-31)46-44(45-37)48-39-23-13-12-22-36(39)41-40(48)27-26-35-34-25-24-29-14-10-11-21-33(29)42(34)47(43(35)41)32-19-8-3-9-20-32/h1-28H. The molecule has 0 amide bonds. The fourth-order valence-electron chi connectivity index (χ4n) is 7.42. The molecule has 3 heterocycles. The highest BCUT2D eigenvalue weighted by Gasteiger charge is 2.23. The lowest BCUT2D eigenvalue weighted by Gasteiger charge is -2.12. The summed E-state index contributed by atoms with van der Waals surface area (Å²) in [6, 6.07) is 60.0. The molecule has 0 aliphatic rings. The Bertz CT molecular complexity index is 2760. The Labute approximate surface area is 276 Å². The van der Waals surface area contributed by atoms with E-state index in [1.54, 1.807) is 0 Å². The predicted octanol–water partition coefficient (Wildman–Crippen LogP) is 11.2. The summed E-state index contributed by atoms with van der Waals surface area (Å²) in [5, 5.41) is 7.26. The van der Waals surface area contributed by atoms with E-state index in [0.717, 1.165) is 44.6 Å². The number of benzene rings is 7. The molecule has 4 nitrogen and oxygen atoms in total. The van der Waals surface area contributed by atoms with Crippen molar-refractivity contribution in [2.75, 3.05) is 0 Å². The third-order valence-corrected chi connectivity index (χ3v) is 9.52. The van der Waals surface area contributed by atoms with Gasteiger partial charge in [-0.05, 0) is 35.7 Å². The van der Waals surface area contributed by atoms with Crippen LogP contribution in [-0.2, 0) is 0 Å². The van der Waals surface area contributed by atoms with Gasteiger partial charge >= 0.3 is 0 Å². The molecule has 0 fully saturated rings. The maximum absolute atomic E-state index is 5.26. The van der Waals surface area contributed by atoms with Crippen molar-refractivity contribution in [3.05, 3.63) is 170 Å². The Balaban J connectivity index is 1.37. The zero-order valence-corrected chi connectivity index (χ0v) is 26.0. The highest BCUT2D eigenvalue weighted by atomic mass is 15.2. The molecule has 0 unspecified atom stereocenters. The average Bonchev–Trinajstić information content (AvgIpc) is 3.69.